The topological polar surface area (TPSA) is 3.88 Å². The third-order valence-corrected chi connectivity index (χ3v) is 2.07. The largest absolute Gasteiger partial charge is 0.673 e. The highest BCUT2D eigenvalue weighted by Gasteiger charge is 2.20. The second-order valence-electron chi connectivity index (χ2n) is 2.28. The van der Waals surface area contributed by atoms with Crippen molar-refractivity contribution in [2.45, 2.75) is 20.4 Å². The monoisotopic (exact) mass is 215 g/mol. The Morgan fingerprint density at radius 1 is 1.38 bits per heavy atom. The summed E-state index contributed by atoms with van der Waals surface area (Å²) in [6, 6.07) is 0. The Hall–Kier alpha value is -0.585. The van der Waals surface area contributed by atoms with E-state index in [-0.39, 0.29) is 0 Å². The van der Waals surface area contributed by atoms with Crippen LogP contribution in [0.25, 0.3) is 0 Å². The fourth-order valence-corrected chi connectivity index (χ4v) is 1.53. The van der Waals surface area contributed by atoms with Gasteiger partial charge in [0.1, 0.15) is 6.54 Å². The lowest BCUT2D eigenvalue weighted by Gasteiger charge is -1.94. The molecular weight excluding hydrogens is 205 g/mol. The Bertz CT molecular complexity index is 241. The minimum atomic E-state index is -6.00. The maximum atomic E-state index is 9.75. The van der Waals surface area contributed by atoms with Crippen LogP contribution in [0, 0.1) is 6.92 Å². The van der Waals surface area contributed by atoms with Crippen LogP contribution in [-0.2, 0) is 6.54 Å². The second-order valence-corrected chi connectivity index (χ2v) is 3.00. The van der Waals surface area contributed by atoms with Crippen molar-refractivity contribution in [3.8, 4) is 0 Å². The first kappa shape index (κ1) is 12.4. The fraction of sp³-hybridized carbons (Fsp3) is 0.500. The SMILES string of the molecule is CC[n+]1cscc1C.F[B-](F)(F)F. The fourth-order valence-electron chi connectivity index (χ4n) is 0.677. The molecule has 0 aliphatic carbocycles. The Kier molecular flexibility index (Phi) is 4.98. The number of aryl methyl sites for hydroxylation is 2. The molecular formula is C6H10BF4NS. The summed E-state index contributed by atoms with van der Waals surface area (Å²) in [5, 5.41) is 2.16. The van der Waals surface area contributed by atoms with Crippen molar-refractivity contribution < 1.29 is 21.8 Å². The van der Waals surface area contributed by atoms with Crippen molar-refractivity contribution >= 4 is 18.6 Å². The third kappa shape index (κ3) is 7.77. The van der Waals surface area contributed by atoms with Crippen LogP contribution in [-0.4, -0.2) is 7.25 Å². The molecule has 0 saturated heterocycles. The van der Waals surface area contributed by atoms with Gasteiger partial charge < -0.3 is 17.3 Å². The minimum Gasteiger partial charge on any atom is -0.418 e. The maximum Gasteiger partial charge on any atom is 0.673 e. The summed E-state index contributed by atoms with van der Waals surface area (Å²) in [6.45, 7) is 5.37. The molecule has 1 heterocycles. The van der Waals surface area contributed by atoms with Crippen molar-refractivity contribution in [3.63, 3.8) is 0 Å². The van der Waals surface area contributed by atoms with Gasteiger partial charge >= 0.3 is 7.25 Å². The van der Waals surface area contributed by atoms with E-state index in [0.717, 1.165) is 6.54 Å². The van der Waals surface area contributed by atoms with E-state index in [4.69, 9.17) is 0 Å². The average Bonchev–Trinajstić information content (AvgIpc) is 2.31. The summed E-state index contributed by atoms with van der Waals surface area (Å²) in [7, 11) is -6.00. The highest BCUT2D eigenvalue weighted by molar-refractivity contribution is 7.07. The number of thiazole rings is 1. The van der Waals surface area contributed by atoms with E-state index in [2.05, 4.69) is 29.3 Å². The maximum absolute atomic E-state index is 9.75. The minimum absolute atomic E-state index is 1.09. The molecule has 0 bridgehead atoms. The van der Waals surface area contributed by atoms with Crippen molar-refractivity contribution in [1.82, 2.24) is 0 Å². The van der Waals surface area contributed by atoms with Gasteiger partial charge in [-0.15, -0.1) is 0 Å². The van der Waals surface area contributed by atoms with Crippen molar-refractivity contribution in [2.75, 3.05) is 0 Å². The molecule has 76 valence electrons. The molecule has 1 nitrogen and oxygen atoms in total. The zero-order valence-corrected chi connectivity index (χ0v) is 8.12. The van der Waals surface area contributed by atoms with Crippen LogP contribution in [0.15, 0.2) is 10.9 Å². The van der Waals surface area contributed by atoms with Gasteiger partial charge in [0.25, 0.3) is 0 Å². The molecule has 7 heteroatoms. The summed E-state index contributed by atoms with van der Waals surface area (Å²) in [5.74, 6) is 0. The molecule has 0 N–H and O–H groups in total. The lowest BCUT2D eigenvalue weighted by molar-refractivity contribution is -0.694. The molecule has 1 aromatic rings. The number of halogens is 4. The highest BCUT2D eigenvalue weighted by Crippen LogP contribution is 2.06. The number of hydrogen-bond donors (Lipinski definition) is 0. The molecule has 0 amide bonds. The van der Waals surface area contributed by atoms with E-state index in [1.54, 1.807) is 11.3 Å². The first-order valence-corrected chi connectivity index (χ1v) is 4.58. The second kappa shape index (κ2) is 5.21. The average molecular weight is 215 g/mol. The van der Waals surface area contributed by atoms with Gasteiger partial charge in [0.2, 0.25) is 5.51 Å². The first-order valence-electron chi connectivity index (χ1n) is 3.64. The Balaban J connectivity index is 0.000000252. The van der Waals surface area contributed by atoms with E-state index in [9.17, 15) is 17.3 Å². The summed E-state index contributed by atoms with van der Waals surface area (Å²) < 4.78 is 41.2. The number of aromatic nitrogens is 1. The molecule has 0 aliphatic rings. The van der Waals surface area contributed by atoms with Gasteiger partial charge in [-0.3, -0.25) is 0 Å². The quantitative estimate of drug-likeness (QED) is 0.385. The number of rotatable bonds is 1. The number of nitrogens with zero attached hydrogens (tertiary/aromatic N) is 1. The van der Waals surface area contributed by atoms with Crippen molar-refractivity contribution in [3.05, 3.63) is 16.6 Å². The molecule has 0 radical (unpaired) electrons. The van der Waals surface area contributed by atoms with Gasteiger partial charge in [-0.25, -0.2) is 0 Å². The zero-order valence-electron chi connectivity index (χ0n) is 7.31. The van der Waals surface area contributed by atoms with Crippen LogP contribution in [0.2, 0.25) is 0 Å². The summed E-state index contributed by atoms with van der Waals surface area (Å²) in [5.41, 5.74) is 3.49. The van der Waals surface area contributed by atoms with Gasteiger partial charge in [-0.05, 0) is 6.92 Å². The molecule has 1 aromatic heterocycles. The van der Waals surface area contributed by atoms with Crippen LogP contribution in [0.4, 0.5) is 17.3 Å². The van der Waals surface area contributed by atoms with Crippen LogP contribution < -0.4 is 4.57 Å². The molecule has 0 fully saturated rings. The van der Waals surface area contributed by atoms with Crippen molar-refractivity contribution in [2.24, 2.45) is 0 Å². The molecule has 13 heavy (non-hydrogen) atoms. The molecule has 0 spiro atoms. The summed E-state index contributed by atoms with van der Waals surface area (Å²) in [6.07, 6.45) is 0. The molecule has 1 rings (SSSR count). The normalized spacial score (nSPS) is 10.6. The Labute approximate surface area is 78.1 Å². The Morgan fingerprint density at radius 2 is 1.85 bits per heavy atom. The van der Waals surface area contributed by atoms with Crippen LogP contribution in [0.1, 0.15) is 12.6 Å². The van der Waals surface area contributed by atoms with Gasteiger partial charge in [0, 0.05) is 6.92 Å². The highest BCUT2D eigenvalue weighted by atomic mass is 32.1. The molecule has 0 unspecified atom stereocenters. The molecule has 0 aromatic carbocycles. The van der Waals surface area contributed by atoms with Gasteiger partial charge in [-0.2, -0.15) is 4.57 Å². The van der Waals surface area contributed by atoms with Crippen LogP contribution in [0.5, 0.6) is 0 Å². The van der Waals surface area contributed by atoms with Crippen LogP contribution >= 0.6 is 11.3 Å². The van der Waals surface area contributed by atoms with Gasteiger partial charge in [0.05, 0.1) is 5.38 Å². The van der Waals surface area contributed by atoms with E-state index < -0.39 is 7.25 Å². The van der Waals surface area contributed by atoms with E-state index in [0.29, 0.717) is 0 Å². The van der Waals surface area contributed by atoms with Crippen LogP contribution in [0.3, 0.4) is 0 Å². The van der Waals surface area contributed by atoms with E-state index in [1.807, 2.05) is 0 Å². The lowest BCUT2D eigenvalue weighted by Crippen LogP contribution is -2.31. The smallest absolute Gasteiger partial charge is 0.418 e. The zero-order chi connectivity index (χ0) is 10.5. The third-order valence-electron chi connectivity index (χ3n) is 1.22. The van der Waals surface area contributed by atoms with E-state index >= 15 is 0 Å². The van der Waals surface area contributed by atoms with E-state index in [1.165, 1.54) is 5.69 Å². The number of hydrogen-bond acceptors (Lipinski definition) is 1. The van der Waals surface area contributed by atoms with Gasteiger partial charge in [0.15, 0.2) is 5.69 Å². The molecule has 0 aliphatic heterocycles. The summed E-state index contributed by atoms with van der Waals surface area (Å²) >= 11 is 1.75. The first-order chi connectivity index (χ1) is 5.84. The van der Waals surface area contributed by atoms with Gasteiger partial charge in [-0.1, -0.05) is 11.3 Å². The lowest BCUT2D eigenvalue weighted by atomic mass is 10.3. The molecule has 0 atom stereocenters. The molecule has 0 saturated carbocycles. The predicted molar refractivity (Wildman–Crippen MR) is 45.1 cm³/mol. The Morgan fingerprint density at radius 3 is 2.00 bits per heavy atom. The predicted octanol–water partition coefficient (Wildman–Crippen LogP) is 2.66. The standard InChI is InChI=1S/C6H10NS.BF4/c1-3-7-5-8-4-6(7)2;2-1(3,4)5/h4-5H,3H2,1-2H3;/q+1;-1. The summed E-state index contributed by atoms with van der Waals surface area (Å²) in [4.78, 5) is 0. The van der Waals surface area contributed by atoms with Crippen molar-refractivity contribution in [1.29, 1.82) is 0 Å².